The molecule has 1 aliphatic carbocycles. The van der Waals surface area contributed by atoms with Crippen LogP contribution in [0.4, 0.5) is 0 Å². The summed E-state index contributed by atoms with van der Waals surface area (Å²) in [5.74, 6) is 2.17. The van der Waals surface area contributed by atoms with Gasteiger partial charge >= 0.3 is 0 Å². The number of pyridine rings is 1. The molecule has 3 aromatic heterocycles. The quantitative estimate of drug-likeness (QED) is 0.533. The van der Waals surface area contributed by atoms with Crippen LogP contribution < -0.4 is 4.74 Å². The highest BCUT2D eigenvalue weighted by molar-refractivity contribution is 5.81. The van der Waals surface area contributed by atoms with Crippen molar-refractivity contribution >= 4 is 11.1 Å². The minimum absolute atomic E-state index is 0.422. The Morgan fingerprint density at radius 3 is 2.58 bits per heavy atom. The van der Waals surface area contributed by atoms with Gasteiger partial charge < -0.3 is 13.7 Å². The zero-order chi connectivity index (χ0) is 17.5. The number of aromatic nitrogens is 4. The van der Waals surface area contributed by atoms with Gasteiger partial charge in [-0.25, -0.2) is 4.98 Å². The highest BCUT2D eigenvalue weighted by atomic mass is 16.5. The van der Waals surface area contributed by atoms with Crippen molar-refractivity contribution in [2.24, 2.45) is 0 Å². The maximum absolute atomic E-state index is 5.84. The zero-order valence-corrected chi connectivity index (χ0v) is 14.2. The van der Waals surface area contributed by atoms with Crippen LogP contribution in [0.2, 0.25) is 0 Å². The Morgan fingerprint density at radius 2 is 1.85 bits per heavy atom. The first-order valence-electron chi connectivity index (χ1n) is 8.64. The van der Waals surface area contributed by atoms with Gasteiger partial charge in [0.1, 0.15) is 5.75 Å². The summed E-state index contributed by atoms with van der Waals surface area (Å²) < 4.78 is 16.6. The molecule has 0 atom stereocenters. The van der Waals surface area contributed by atoms with Crippen molar-refractivity contribution in [1.29, 1.82) is 0 Å². The van der Waals surface area contributed by atoms with Gasteiger partial charge in [0.2, 0.25) is 11.8 Å². The van der Waals surface area contributed by atoms with Crippen LogP contribution in [0.5, 0.6) is 5.75 Å². The lowest BCUT2D eigenvalue weighted by Crippen LogP contribution is -1.90. The Labute approximate surface area is 149 Å². The number of nitrogens with zero attached hydrogens (tertiary/aromatic N) is 4. The van der Waals surface area contributed by atoms with E-state index in [1.54, 1.807) is 6.20 Å². The molecule has 0 radical (unpaired) electrons. The second kappa shape index (κ2) is 5.94. The molecule has 7 heteroatoms. The molecule has 5 rings (SSSR count). The van der Waals surface area contributed by atoms with Gasteiger partial charge in [-0.1, -0.05) is 5.16 Å². The van der Waals surface area contributed by atoms with Crippen molar-refractivity contribution < 1.29 is 13.7 Å². The molecule has 1 saturated carbocycles. The number of fused-ring (bicyclic) bond motifs is 1. The number of hydrogen-bond acceptors (Lipinski definition) is 7. The predicted molar refractivity (Wildman–Crippen MR) is 93.7 cm³/mol. The fourth-order valence-electron chi connectivity index (χ4n) is 2.94. The molecule has 1 aromatic carbocycles. The lowest BCUT2D eigenvalue weighted by molar-refractivity contribution is 0.340. The van der Waals surface area contributed by atoms with Gasteiger partial charge in [-0.05, 0) is 50.1 Å². The number of rotatable bonds is 5. The third kappa shape index (κ3) is 2.61. The summed E-state index contributed by atoms with van der Waals surface area (Å²) in [5, 5.41) is 13.4. The lowest BCUT2D eigenvalue weighted by atomic mass is 10.1. The first-order valence-corrected chi connectivity index (χ1v) is 8.64. The standard InChI is InChI=1S/C19H16N4O3/c1-2-24-14-7-5-12(6-8-14)17-21-22-18(25-17)13-9-15-16(11-3-4-11)23-26-19(15)20-10-13/h5-11H,2-4H2,1H3. The Hall–Kier alpha value is -3.22. The monoisotopic (exact) mass is 348 g/mol. The van der Waals surface area contributed by atoms with E-state index in [9.17, 15) is 0 Å². The third-order valence-electron chi connectivity index (χ3n) is 4.41. The fraction of sp³-hybridized carbons (Fsp3) is 0.263. The highest BCUT2D eigenvalue weighted by Crippen LogP contribution is 2.42. The molecule has 0 aliphatic heterocycles. The zero-order valence-electron chi connectivity index (χ0n) is 14.2. The summed E-state index contributed by atoms with van der Waals surface area (Å²) in [6.07, 6.45) is 3.96. The van der Waals surface area contributed by atoms with E-state index in [0.717, 1.165) is 40.8 Å². The van der Waals surface area contributed by atoms with E-state index in [-0.39, 0.29) is 0 Å². The normalized spacial score (nSPS) is 14.0. The van der Waals surface area contributed by atoms with Crippen LogP contribution in [0, 0.1) is 0 Å². The fourth-order valence-corrected chi connectivity index (χ4v) is 2.94. The molecule has 1 aliphatic rings. The number of ether oxygens (including phenoxy) is 1. The predicted octanol–water partition coefficient (Wildman–Crippen LogP) is 4.22. The van der Waals surface area contributed by atoms with E-state index < -0.39 is 0 Å². The summed E-state index contributed by atoms with van der Waals surface area (Å²) in [4.78, 5) is 4.33. The van der Waals surface area contributed by atoms with Gasteiger partial charge in [-0.3, -0.25) is 0 Å². The van der Waals surface area contributed by atoms with Gasteiger partial charge in [0.25, 0.3) is 5.71 Å². The molecule has 3 heterocycles. The van der Waals surface area contributed by atoms with Crippen molar-refractivity contribution in [2.75, 3.05) is 6.61 Å². The van der Waals surface area contributed by atoms with Crippen LogP contribution in [0.15, 0.2) is 45.5 Å². The van der Waals surface area contributed by atoms with Crippen LogP contribution >= 0.6 is 0 Å². The molecular formula is C19H16N4O3. The lowest BCUT2D eigenvalue weighted by Gasteiger charge is -2.02. The Bertz CT molecular complexity index is 1060. The highest BCUT2D eigenvalue weighted by Gasteiger charge is 2.29. The van der Waals surface area contributed by atoms with Gasteiger partial charge in [-0.2, -0.15) is 0 Å². The summed E-state index contributed by atoms with van der Waals surface area (Å²) >= 11 is 0. The van der Waals surface area contributed by atoms with E-state index in [0.29, 0.717) is 30.0 Å². The molecule has 1 fully saturated rings. The van der Waals surface area contributed by atoms with E-state index in [1.807, 2.05) is 37.3 Å². The summed E-state index contributed by atoms with van der Waals surface area (Å²) in [7, 11) is 0. The van der Waals surface area contributed by atoms with Crippen LogP contribution in [-0.2, 0) is 0 Å². The summed E-state index contributed by atoms with van der Waals surface area (Å²) in [6, 6.07) is 9.52. The van der Waals surface area contributed by atoms with Gasteiger partial charge in [0.05, 0.1) is 23.3 Å². The van der Waals surface area contributed by atoms with Crippen LogP contribution in [0.25, 0.3) is 34.0 Å². The SMILES string of the molecule is CCOc1ccc(-c2nnc(-c3cnc4onc(C5CC5)c4c3)o2)cc1. The molecule has 4 aromatic rings. The first-order chi connectivity index (χ1) is 12.8. The van der Waals surface area contributed by atoms with E-state index in [4.69, 9.17) is 13.7 Å². The average molecular weight is 348 g/mol. The minimum atomic E-state index is 0.422. The van der Waals surface area contributed by atoms with Crippen LogP contribution in [-0.4, -0.2) is 26.9 Å². The molecule has 0 spiro atoms. The Morgan fingerprint density at radius 1 is 1.08 bits per heavy atom. The molecule has 0 unspecified atom stereocenters. The maximum Gasteiger partial charge on any atom is 0.257 e. The summed E-state index contributed by atoms with van der Waals surface area (Å²) in [6.45, 7) is 2.58. The molecule has 0 saturated heterocycles. The van der Waals surface area contributed by atoms with Crippen LogP contribution in [0.3, 0.4) is 0 Å². The largest absolute Gasteiger partial charge is 0.494 e. The van der Waals surface area contributed by atoms with Crippen LogP contribution in [0.1, 0.15) is 31.4 Å². The smallest absolute Gasteiger partial charge is 0.257 e. The van der Waals surface area contributed by atoms with Crippen molar-refractivity contribution in [2.45, 2.75) is 25.7 Å². The molecule has 7 nitrogen and oxygen atoms in total. The number of hydrogen-bond donors (Lipinski definition) is 0. The molecule has 130 valence electrons. The minimum Gasteiger partial charge on any atom is -0.494 e. The van der Waals surface area contributed by atoms with Crippen molar-refractivity contribution in [1.82, 2.24) is 20.3 Å². The second-order valence-corrected chi connectivity index (χ2v) is 6.29. The van der Waals surface area contributed by atoms with Crippen molar-refractivity contribution in [3.05, 3.63) is 42.2 Å². The van der Waals surface area contributed by atoms with E-state index >= 15 is 0 Å². The summed E-state index contributed by atoms with van der Waals surface area (Å²) in [5.41, 5.74) is 3.11. The van der Waals surface area contributed by atoms with Gasteiger partial charge in [-0.15, -0.1) is 10.2 Å². The first kappa shape index (κ1) is 15.1. The molecule has 0 amide bonds. The second-order valence-electron chi connectivity index (χ2n) is 6.29. The molecule has 0 bridgehead atoms. The molecule has 0 N–H and O–H groups in total. The topological polar surface area (TPSA) is 87.1 Å². The van der Waals surface area contributed by atoms with Gasteiger partial charge in [0.15, 0.2) is 0 Å². The molecule has 26 heavy (non-hydrogen) atoms. The van der Waals surface area contributed by atoms with Crippen molar-refractivity contribution in [3.8, 4) is 28.7 Å². The molecular weight excluding hydrogens is 332 g/mol. The maximum atomic E-state index is 5.84. The number of benzene rings is 1. The van der Waals surface area contributed by atoms with E-state index in [2.05, 4.69) is 20.3 Å². The third-order valence-corrected chi connectivity index (χ3v) is 4.41. The Kier molecular flexibility index (Phi) is 3.44. The van der Waals surface area contributed by atoms with Crippen molar-refractivity contribution in [3.63, 3.8) is 0 Å². The van der Waals surface area contributed by atoms with E-state index in [1.165, 1.54) is 0 Å². The van der Waals surface area contributed by atoms with Gasteiger partial charge in [0, 0.05) is 17.7 Å². The average Bonchev–Trinajstić information content (AvgIpc) is 3.24. The Balaban J connectivity index is 1.47.